The third-order valence-corrected chi connectivity index (χ3v) is 3.54. The fourth-order valence-corrected chi connectivity index (χ4v) is 2.43. The van der Waals surface area contributed by atoms with E-state index in [1.807, 2.05) is 6.92 Å². The zero-order valence-electron chi connectivity index (χ0n) is 11.6. The van der Waals surface area contributed by atoms with Gasteiger partial charge in [0.15, 0.2) is 11.6 Å². The van der Waals surface area contributed by atoms with Crippen molar-refractivity contribution in [2.45, 2.75) is 39.0 Å². The van der Waals surface area contributed by atoms with Crippen LogP contribution in [0.5, 0.6) is 5.75 Å². The van der Waals surface area contributed by atoms with Gasteiger partial charge >= 0.3 is 5.97 Å². The van der Waals surface area contributed by atoms with Gasteiger partial charge in [0, 0.05) is 6.42 Å². The van der Waals surface area contributed by atoms with Crippen molar-refractivity contribution in [3.8, 4) is 5.75 Å². The number of hydrogen-bond acceptors (Lipinski definition) is 2. The highest BCUT2D eigenvalue weighted by Crippen LogP contribution is 2.33. The molecule has 106 valence electrons. The summed E-state index contributed by atoms with van der Waals surface area (Å²) in [5.41, 5.74) is 0.999. The van der Waals surface area contributed by atoms with E-state index < -0.39 is 5.97 Å². The zero-order chi connectivity index (χ0) is 14.4. The van der Waals surface area contributed by atoms with E-state index in [2.05, 4.69) is 6.92 Å². The maximum absolute atomic E-state index is 13.4. The highest BCUT2D eigenvalue weighted by Gasteiger charge is 2.19. The number of halogens is 1. The predicted molar refractivity (Wildman–Crippen MR) is 72.0 cm³/mol. The van der Waals surface area contributed by atoms with E-state index in [9.17, 15) is 9.18 Å². The Kier molecular flexibility index (Phi) is 5.80. The van der Waals surface area contributed by atoms with Gasteiger partial charge in [-0.3, -0.25) is 4.79 Å². The molecule has 0 heterocycles. The first-order chi connectivity index (χ1) is 8.99. The molecule has 0 aliphatic carbocycles. The molecule has 1 rings (SSSR count). The van der Waals surface area contributed by atoms with Gasteiger partial charge in [0.1, 0.15) is 0 Å². The highest BCUT2D eigenvalue weighted by atomic mass is 19.1. The van der Waals surface area contributed by atoms with E-state index in [4.69, 9.17) is 9.84 Å². The van der Waals surface area contributed by atoms with Crippen LogP contribution >= 0.6 is 0 Å². The molecule has 4 heteroatoms. The van der Waals surface area contributed by atoms with Gasteiger partial charge in [-0.25, -0.2) is 4.39 Å². The second-order valence-electron chi connectivity index (χ2n) is 4.82. The van der Waals surface area contributed by atoms with Gasteiger partial charge in [-0.2, -0.15) is 0 Å². The van der Waals surface area contributed by atoms with Gasteiger partial charge < -0.3 is 9.84 Å². The number of benzene rings is 1. The van der Waals surface area contributed by atoms with Crippen LogP contribution in [0.2, 0.25) is 0 Å². The monoisotopic (exact) mass is 268 g/mol. The van der Waals surface area contributed by atoms with Gasteiger partial charge in [0.2, 0.25) is 0 Å². The average molecular weight is 268 g/mol. The second-order valence-corrected chi connectivity index (χ2v) is 4.82. The topological polar surface area (TPSA) is 46.5 Å². The van der Waals surface area contributed by atoms with Gasteiger partial charge in [-0.1, -0.05) is 19.9 Å². The van der Waals surface area contributed by atoms with Crippen LogP contribution in [0.25, 0.3) is 0 Å². The molecular weight excluding hydrogens is 247 g/mol. The molecule has 0 aromatic heterocycles. The first-order valence-electron chi connectivity index (χ1n) is 6.54. The van der Waals surface area contributed by atoms with Crippen molar-refractivity contribution >= 4 is 5.97 Å². The number of ether oxygens (including phenoxy) is 1. The third kappa shape index (κ3) is 4.23. The first kappa shape index (κ1) is 15.5. The van der Waals surface area contributed by atoms with Crippen molar-refractivity contribution < 1.29 is 19.0 Å². The summed E-state index contributed by atoms with van der Waals surface area (Å²) in [7, 11) is 1.44. The minimum absolute atomic E-state index is 0.163. The minimum atomic E-state index is -0.779. The summed E-state index contributed by atoms with van der Waals surface area (Å²) in [4.78, 5) is 10.6. The Labute approximate surface area is 113 Å². The molecule has 0 radical (unpaired) electrons. The maximum atomic E-state index is 13.4. The SMILES string of the molecule is CCC(c1ccc(F)c(OC)c1)C(C)CCC(=O)O. The molecule has 0 amide bonds. The molecule has 2 atom stereocenters. The van der Waals surface area contributed by atoms with E-state index in [1.54, 1.807) is 12.1 Å². The Balaban J connectivity index is 2.86. The van der Waals surface area contributed by atoms with Crippen molar-refractivity contribution in [2.75, 3.05) is 7.11 Å². The lowest BCUT2D eigenvalue weighted by molar-refractivity contribution is -0.137. The molecule has 1 aromatic carbocycles. The second kappa shape index (κ2) is 7.12. The smallest absolute Gasteiger partial charge is 0.303 e. The number of hydrogen-bond donors (Lipinski definition) is 1. The van der Waals surface area contributed by atoms with Crippen molar-refractivity contribution in [3.63, 3.8) is 0 Å². The third-order valence-electron chi connectivity index (χ3n) is 3.54. The summed E-state index contributed by atoms with van der Waals surface area (Å²) in [6, 6.07) is 4.87. The van der Waals surface area contributed by atoms with Crippen LogP contribution in [0.1, 0.15) is 44.6 Å². The summed E-state index contributed by atoms with van der Waals surface area (Å²) in [6.07, 6.45) is 1.67. The van der Waals surface area contributed by atoms with Crippen molar-refractivity contribution in [2.24, 2.45) is 5.92 Å². The lowest BCUT2D eigenvalue weighted by Gasteiger charge is -2.23. The van der Waals surface area contributed by atoms with Crippen LogP contribution < -0.4 is 4.74 Å². The predicted octanol–water partition coefficient (Wildman–Crippen LogP) is 3.83. The van der Waals surface area contributed by atoms with Gasteiger partial charge in [0.25, 0.3) is 0 Å². The molecule has 0 fully saturated rings. The Morgan fingerprint density at radius 1 is 1.47 bits per heavy atom. The van der Waals surface area contributed by atoms with E-state index in [1.165, 1.54) is 13.2 Å². The molecule has 1 N–H and O–H groups in total. The molecule has 0 aliphatic rings. The van der Waals surface area contributed by atoms with Crippen molar-refractivity contribution in [1.29, 1.82) is 0 Å². The average Bonchev–Trinajstić information content (AvgIpc) is 2.39. The molecular formula is C15H21FO3. The summed E-state index contributed by atoms with van der Waals surface area (Å²) in [5.74, 6) is -0.468. The molecule has 0 bridgehead atoms. The van der Waals surface area contributed by atoms with E-state index in [0.717, 1.165) is 12.0 Å². The van der Waals surface area contributed by atoms with E-state index >= 15 is 0 Å². The lowest BCUT2D eigenvalue weighted by Crippen LogP contribution is -2.11. The molecule has 3 nitrogen and oxygen atoms in total. The lowest BCUT2D eigenvalue weighted by atomic mass is 9.82. The molecule has 2 unspecified atom stereocenters. The number of rotatable bonds is 7. The number of methoxy groups -OCH3 is 1. The largest absolute Gasteiger partial charge is 0.494 e. The van der Waals surface area contributed by atoms with E-state index in [-0.39, 0.29) is 29.8 Å². The molecule has 0 saturated carbocycles. The number of carbonyl (C=O) groups is 1. The summed E-state index contributed by atoms with van der Waals surface area (Å²) < 4.78 is 18.4. The molecule has 1 aromatic rings. The van der Waals surface area contributed by atoms with Gasteiger partial charge in [-0.05, 0) is 42.4 Å². The zero-order valence-corrected chi connectivity index (χ0v) is 11.6. The molecule has 0 spiro atoms. The Hall–Kier alpha value is -1.58. The number of aliphatic carboxylic acids is 1. The Bertz CT molecular complexity index is 431. The summed E-state index contributed by atoms with van der Waals surface area (Å²) in [5, 5.41) is 8.74. The summed E-state index contributed by atoms with van der Waals surface area (Å²) in [6.45, 7) is 4.09. The van der Waals surface area contributed by atoms with Crippen LogP contribution in [0.4, 0.5) is 4.39 Å². The Morgan fingerprint density at radius 2 is 2.16 bits per heavy atom. The van der Waals surface area contributed by atoms with E-state index in [0.29, 0.717) is 6.42 Å². The number of carboxylic acid groups (broad SMARTS) is 1. The fourth-order valence-electron chi connectivity index (χ4n) is 2.43. The molecule has 0 aliphatic heterocycles. The van der Waals surface area contributed by atoms with Crippen LogP contribution in [-0.4, -0.2) is 18.2 Å². The van der Waals surface area contributed by atoms with Crippen molar-refractivity contribution in [1.82, 2.24) is 0 Å². The first-order valence-corrected chi connectivity index (χ1v) is 6.54. The molecule has 0 saturated heterocycles. The van der Waals surface area contributed by atoms with Crippen molar-refractivity contribution in [3.05, 3.63) is 29.6 Å². The molecule has 19 heavy (non-hydrogen) atoms. The highest BCUT2D eigenvalue weighted by molar-refractivity contribution is 5.66. The van der Waals surface area contributed by atoms with Gasteiger partial charge in [-0.15, -0.1) is 0 Å². The standard InChI is InChI=1S/C15H21FO3/c1-4-12(10(2)5-8-15(17)18)11-6-7-13(16)14(9-11)19-3/h6-7,9-10,12H,4-5,8H2,1-3H3,(H,17,18). The van der Waals surface area contributed by atoms with Gasteiger partial charge in [0.05, 0.1) is 7.11 Å². The quantitative estimate of drug-likeness (QED) is 0.817. The van der Waals surface area contributed by atoms with Crippen LogP contribution in [0.3, 0.4) is 0 Å². The normalized spacial score (nSPS) is 13.9. The van der Waals surface area contributed by atoms with Crippen LogP contribution in [-0.2, 0) is 4.79 Å². The maximum Gasteiger partial charge on any atom is 0.303 e. The Morgan fingerprint density at radius 3 is 2.68 bits per heavy atom. The fraction of sp³-hybridized carbons (Fsp3) is 0.533. The minimum Gasteiger partial charge on any atom is -0.494 e. The van der Waals surface area contributed by atoms with Crippen LogP contribution in [0.15, 0.2) is 18.2 Å². The number of carboxylic acids is 1. The van der Waals surface area contributed by atoms with Crippen LogP contribution in [0, 0.1) is 11.7 Å². The summed E-state index contributed by atoms with van der Waals surface area (Å²) >= 11 is 0.